The van der Waals surface area contributed by atoms with Gasteiger partial charge in [-0.05, 0) is 69.7 Å². The van der Waals surface area contributed by atoms with Gasteiger partial charge in [-0.2, -0.15) is 0 Å². The first-order chi connectivity index (χ1) is 13.3. The van der Waals surface area contributed by atoms with Crippen molar-refractivity contribution in [3.05, 3.63) is 61.9 Å². The third kappa shape index (κ3) is 4.24. The lowest BCUT2D eigenvalue weighted by molar-refractivity contribution is -0.255. The molecule has 1 heterocycles. The fraction of sp³-hybridized carbons (Fsp3) is 0.105. The van der Waals surface area contributed by atoms with Crippen molar-refractivity contribution in [1.82, 2.24) is 4.90 Å². The molecule has 0 saturated carbocycles. The SMILES string of the molecule is COc1ccc(/C=C2\SC(=Nc3ccc(Cl)c(C(=O)[O-])c3)N(C)C2=O)cc1Br. The van der Waals surface area contributed by atoms with Gasteiger partial charge in [0.1, 0.15) is 5.75 Å². The third-order valence-corrected chi connectivity index (χ3v) is 5.88. The number of aromatic carboxylic acids is 1. The number of carbonyl (C=O) groups excluding carboxylic acids is 2. The summed E-state index contributed by atoms with van der Waals surface area (Å²) in [5, 5.41) is 11.6. The van der Waals surface area contributed by atoms with Gasteiger partial charge >= 0.3 is 0 Å². The number of likely N-dealkylation sites (N-methyl/N-ethyl adjacent to an activating group) is 1. The number of rotatable bonds is 4. The van der Waals surface area contributed by atoms with E-state index in [9.17, 15) is 14.7 Å². The number of benzene rings is 2. The van der Waals surface area contributed by atoms with Crippen LogP contribution in [-0.4, -0.2) is 36.1 Å². The Labute approximate surface area is 179 Å². The molecule has 0 aromatic heterocycles. The molecule has 9 heteroatoms. The molecule has 28 heavy (non-hydrogen) atoms. The smallest absolute Gasteiger partial charge is 0.266 e. The van der Waals surface area contributed by atoms with Crippen molar-refractivity contribution in [3.8, 4) is 5.75 Å². The molecular weight excluding hydrogens is 468 g/mol. The van der Waals surface area contributed by atoms with Gasteiger partial charge in [-0.3, -0.25) is 9.69 Å². The van der Waals surface area contributed by atoms with Gasteiger partial charge in [-0.25, -0.2) is 4.99 Å². The predicted molar refractivity (Wildman–Crippen MR) is 112 cm³/mol. The summed E-state index contributed by atoms with van der Waals surface area (Å²) in [6.45, 7) is 0. The molecule has 0 spiro atoms. The zero-order chi connectivity index (χ0) is 20.4. The van der Waals surface area contributed by atoms with Crippen LogP contribution in [0.2, 0.25) is 5.02 Å². The lowest BCUT2D eigenvalue weighted by Gasteiger charge is -2.09. The third-order valence-electron chi connectivity index (χ3n) is 3.87. The number of amidine groups is 1. The molecule has 0 aliphatic carbocycles. The molecule has 1 aliphatic heterocycles. The van der Waals surface area contributed by atoms with E-state index >= 15 is 0 Å². The Hall–Kier alpha value is -2.29. The number of thioether (sulfide) groups is 1. The first-order valence-electron chi connectivity index (χ1n) is 7.91. The van der Waals surface area contributed by atoms with Crippen molar-refractivity contribution in [1.29, 1.82) is 0 Å². The summed E-state index contributed by atoms with van der Waals surface area (Å²) in [6.07, 6.45) is 1.75. The second kappa shape index (κ2) is 8.38. The van der Waals surface area contributed by atoms with E-state index in [1.54, 1.807) is 32.4 Å². The van der Waals surface area contributed by atoms with E-state index in [2.05, 4.69) is 20.9 Å². The van der Waals surface area contributed by atoms with Gasteiger partial charge < -0.3 is 14.6 Å². The number of aliphatic imine (C=N–C) groups is 1. The Morgan fingerprint density at radius 3 is 2.71 bits per heavy atom. The first-order valence-corrected chi connectivity index (χ1v) is 9.89. The zero-order valence-corrected chi connectivity index (χ0v) is 17.9. The van der Waals surface area contributed by atoms with E-state index in [1.165, 1.54) is 28.8 Å². The second-order valence-corrected chi connectivity index (χ2v) is 7.99. The van der Waals surface area contributed by atoms with Gasteiger partial charge in [-0.1, -0.05) is 17.7 Å². The fourth-order valence-corrected chi connectivity index (χ4v) is 4.17. The van der Waals surface area contributed by atoms with E-state index in [-0.39, 0.29) is 16.5 Å². The van der Waals surface area contributed by atoms with Gasteiger partial charge in [0, 0.05) is 17.6 Å². The number of nitrogens with zero attached hydrogens (tertiary/aromatic N) is 2. The van der Waals surface area contributed by atoms with Crippen LogP contribution in [-0.2, 0) is 4.79 Å². The Morgan fingerprint density at radius 2 is 2.07 bits per heavy atom. The summed E-state index contributed by atoms with van der Waals surface area (Å²) in [6, 6.07) is 9.80. The summed E-state index contributed by atoms with van der Waals surface area (Å²) < 4.78 is 5.98. The topological polar surface area (TPSA) is 82.0 Å². The van der Waals surface area contributed by atoms with Crippen molar-refractivity contribution in [3.63, 3.8) is 0 Å². The van der Waals surface area contributed by atoms with Crippen LogP contribution in [0.25, 0.3) is 6.08 Å². The molecule has 1 aliphatic rings. The number of methoxy groups -OCH3 is 1. The first kappa shape index (κ1) is 20.4. The van der Waals surface area contributed by atoms with Crippen molar-refractivity contribution in [2.45, 2.75) is 0 Å². The number of hydrogen-bond donors (Lipinski definition) is 0. The molecule has 1 amide bonds. The Kier molecular flexibility index (Phi) is 6.12. The van der Waals surface area contributed by atoms with Crippen LogP contribution in [0.15, 0.2) is 50.8 Å². The van der Waals surface area contributed by atoms with Gasteiger partial charge in [-0.15, -0.1) is 0 Å². The average Bonchev–Trinajstić information content (AvgIpc) is 2.91. The highest BCUT2D eigenvalue weighted by atomic mass is 79.9. The normalized spacial score (nSPS) is 16.9. The molecule has 0 unspecified atom stereocenters. The minimum atomic E-state index is -1.39. The molecular formula is C19H13BrClN2O4S-. The number of carboxylic acid groups (broad SMARTS) is 1. The summed E-state index contributed by atoms with van der Waals surface area (Å²) in [4.78, 5) is 29.9. The molecule has 0 atom stereocenters. The fourth-order valence-electron chi connectivity index (χ4n) is 2.43. The molecule has 2 aromatic carbocycles. The quantitative estimate of drug-likeness (QED) is 0.623. The Balaban J connectivity index is 1.91. The van der Waals surface area contributed by atoms with Crippen molar-refractivity contribution in [2.75, 3.05) is 14.2 Å². The highest BCUT2D eigenvalue weighted by molar-refractivity contribution is 9.10. The second-order valence-electron chi connectivity index (χ2n) is 5.71. The van der Waals surface area contributed by atoms with Gasteiger partial charge in [0.05, 0.1) is 28.1 Å². The van der Waals surface area contributed by atoms with Crippen molar-refractivity contribution >= 4 is 68.1 Å². The number of carbonyl (C=O) groups is 2. The molecule has 144 valence electrons. The minimum Gasteiger partial charge on any atom is -0.545 e. The number of amides is 1. The summed E-state index contributed by atoms with van der Waals surface area (Å²) >= 11 is 10.5. The van der Waals surface area contributed by atoms with Gasteiger partial charge in [0.2, 0.25) is 0 Å². The Bertz CT molecular complexity index is 1040. The monoisotopic (exact) mass is 479 g/mol. The highest BCUT2D eigenvalue weighted by Crippen LogP contribution is 2.35. The lowest BCUT2D eigenvalue weighted by Crippen LogP contribution is -2.24. The molecule has 0 bridgehead atoms. The van der Waals surface area contributed by atoms with E-state index < -0.39 is 5.97 Å². The highest BCUT2D eigenvalue weighted by Gasteiger charge is 2.30. The zero-order valence-electron chi connectivity index (χ0n) is 14.7. The largest absolute Gasteiger partial charge is 0.545 e. The van der Waals surface area contributed by atoms with Crippen LogP contribution in [0.3, 0.4) is 0 Å². The summed E-state index contributed by atoms with van der Waals surface area (Å²) in [5.74, 6) is -0.899. The lowest BCUT2D eigenvalue weighted by atomic mass is 10.2. The molecule has 6 nitrogen and oxygen atoms in total. The van der Waals surface area contributed by atoms with Crippen LogP contribution >= 0.6 is 39.3 Å². The van der Waals surface area contributed by atoms with Crippen LogP contribution in [0.5, 0.6) is 5.75 Å². The summed E-state index contributed by atoms with van der Waals surface area (Å²) in [7, 11) is 3.18. The molecule has 1 fully saturated rings. The maximum atomic E-state index is 12.5. The van der Waals surface area contributed by atoms with E-state index in [1.807, 2.05) is 12.1 Å². The minimum absolute atomic E-state index is 0.0677. The number of carboxylic acids is 1. The number of ether oxygens (including phenoxy) is 1. The van der Waals surface area contributed by atoms with Crippen LogP contribution in [0.4, 0.5) is 5.69 Å². The maximum absolute atomic E-state index is 12.5. The van der Waals surface area contributed by atoms with Crippen molar-refractivity contribution in [2.24, 2.45) is 4.99 Å². The van der Waals surface area contributed by atoms with E-state index in [4.69, 9.17) is 16.3 Å². The van der Waals surface area contributed by atoms with E-state index in [0.29, 0.717) is 21.5 Å². The van der Waals surface area contributed by atoms with E-state index in [0.717, 1.165) is 10.0 Å². The molecule has 2 aromatic rings. The molecule has 0 radical (unpaired) electrons. The molecule has 1 saturated heterocycles. The summed E-state index contributed by atoms with van der Waals surface area (Å²) in [5.41, 5.74) is 1.03. The molecule has 0 N–H and O–H groups in total. The van der Waals surface area contributed by atoms with Gasteiger partial charge in [0.15, 0.2) is 5.17 Å². The molecule has 3 rings (SSSR count). The number of hydrogen-bond acceptors (Lipinski definition) is 6. The van der Waals surface area contributed by atoms with Crippen molar-refractivity contribution < 1.29 is 19.4 Å². The Morgan fingerprint density at radius 1 is 1.32 bits per heavy atom. The number of halogens is 2. The van der Waals surface area contributed by atoms with Crippen LogP contribution in [0.1, 0.15) is 15.9 Å². The maximum Gasteiger partial charge on any atom is 0.266 e. The predicted octanol–water partition coefficient (Wildman–Crippen LogP) is 3.71. The van der Waals surface area contributed by atoms with Crippen LogP contribution < -0.4 is 9.84 Å². The van der Waals surface area contributed by atoms with Crippen LogP contribution in [0, 0.1) is 0 Å². The standard InChI is InChI=1S/C19H14BrClN2O4S/c1-23-17(24)16(8-10-3-6-15(27-2)13(20)7-10)28-19(23)22-11-4-5-14(21)12(9-11)18(25)26/h3-9H,1-2H3,(H,25,26)/p-1/b16-8-,22-19?. The average molecular weight is 481 g/mol. The van der Waals surface area contributed by atoms with Gasteiger partial charge in [0.25, 0.3) is 5.91 Å².